The lowest BCUT2D eigenvalue weighted by molar-refractivity contribution is -0.122. The number of nitrogens with zero attached hydrogens (tertiary/aromatic N) is 1. The standard InChI is InChI=1S/C22H36N4O4S/c1-4-6-7-8-21(27)24-18-9-10-19(26-13-11-17(12-14-26)22(23)28)20(15-18)31(29,30)25-16(3)5-2/h9-10,15-17,25H,4-8,11-14H2,1-3H3,(H2,23,28)(H,24,27). The Hall–Kier alpha value is -2.13. The summed E-state index contributed by atoms with van der Waals surface area (Å²) in [6.45, 7) is 6.89. The van der Waals surface area contributed by atoms with Crippen molar-refractivity contribution in [3.63, 3.8) is 0 Å². The molecule has 1 aromatic carbocycles. The van der Waals surface area contributed by atoms with Crippen LogP contribution in [0.1, 0.15) is 65.7 Å². The van der Waals surface area contributed by atoms with Crippen molar-refractivity contribution in [1.29, 1.82) is 0 Å². The maximum atomic E-state index is 13.2. The van der Waals surface area contributed by atoms with E-state index >= 15 is 0 Å². The minimum Gasteiger partial charge on any atom is -0.370 e. The van der Waals surface area contributed by atoms with E-state index in [1.54, 1.807) is 12.1 Å². The van der Waals surface area contributed by atoms with E-state index < -0.39 is 10.0 Å². The zero-order valence-corrected chi connectivity index (χ0v) is 19.6. The summed E-state index contributed by atoms with van der Waals surface area (Å²) in [7, 11) is -3.80. The monoisotopic (exact) mass is 452 g/mol. The molecule has 2 rings (SSSR count). The number of unbranched alkanes of at least 4 members (excludes halogenated alkanes) is 2. The molecule has 0 spiro atoms. The third-order valence-electron chi connectivity index (χ3n) is 5.75. The van der Waals surface area contributed by atoms with E-state index in [1.165, 1.54) is 6.07 Å². The second kappa shape index (κ2) is 11.5. The molecule has 1 atom stereocenters. The number of piperidine rings is 1. The van der Waals surface area contributed by atoms with Crippen LogP contribution in [0.3, 0.4) is 0 Å². The Morgan fingerprint density at radius 3 is 2.45 bits per heavy atom. The average Bonchev–Trinajstić information content (AvgIpc) is 2.73. The van der Waals surface area contributed by atoms with Crippen LogP contribution in [0.25, 0.3) is 0 Å². The minimum atomic E-state index is -3.80. The lowest BCUT2D eigenvalue weighted by atomic mass is 9.96. The molecule has 8 nitrogen and oxygen atoms in total. The topological polar surface area (TPSA) is 122 Å². The molecule has 31 heavy (non-hydrogen) atoms. The Labute approximate surface area is 186 Å². The van der Waals surface area contributed by atoms with E-state index in [0.717, 1.165) is 19.3 Å². The largest absolute Gasteiger partial charge is 0.370 e. The Bertz CT molecular complexity index is 864. The molecule has 0 saturated carbocycles. The quantitative estimate of drug-likeness (QED) is 0.446. The molecule has 4 N–H and O–H groups in total. The number of benzene rings is 1. The van der Waals surface area contributed by atoms with Crippen LogP contribution in [0.15, 0.2) is 23.1 Å². The number of anilines is 2. The van der Waals surface area contributed by atoms with Gasteiger partial charge in [0.15, 0.2) is 0 Å². The average molecular weight is 453 g/mol. The molecule has 1 aliphatic heterocycles. The summed E-state index contributed by atoms with van der Waals surface area (Å²) in [6.07, 6.45) is 5.04. The predicted octanol–water partition coefficient (Wildman–Crippen LogP) is 2.98. The van der Waals surface area contributed by atoms with Crippen LogP contribution in [-0.2, 0) is 19.6 Å². The lowest BCUT2D eigenvalue weighted by Crippen LogP contribution is -2.40. The van der Waals surface area contributed by atoms with Gasteiger partial charge in [-0.05, 0) is 50.8 Å². The van der Waals surface area contributed by atoms with Crippen LogP contribution in [0.4, 0.5) is 11.4 Å². The van der Waals surface area contributed by atoms with Gasteiger partial charge in [-0.25, -0.2) is 13.1 Å². The van der Waals surface area contributed by atoms with Crippen molar-refractivity contribution in [3.8, 4) is 0 Å². The SMILES string of the molecule is CCCCCC(=O)Nc1ccc(N2CCC(C(N)=O)CC2)c(S(=O)(=O)NC(C)CC)c1. The van der Waals surface area contributed by atoms with Gasteiger partial charge in [-0.3, -0.25) is 9.59 Å². The van der Waals surface area contributed by atoms with Gasteiger partial charge in [-0.2, -0.15) is 0 Å². The molecule has 1 aromatic rings. The highest BCUT2D eigenvalue weighted by atomic mass is 32.2. The van der Waals surface area contributed by atoms with Gasteiger partial charge in [0.25, 0.3) is 0 Å². The van der Waals surface area contributed by atoms with Crippen LogP contribution in [0, 0.1) is 5.92 Å². The van der Waals surface area contributed by atoms with E-state index in [2.05, 4.69) is 17.0 Å². The van der Waals surface area contributed by atoms with Crippen molar-refractivity contribution in [2.24, 2.45) is 11.7 Å². The van der Waals surface area contributed by atoms with Gasteiger partial charge in [0.05, 0.1) is 5.69 Å². The molecule has 174 valence electrons. The Morgan fingerprint density at radius 2 is 1.87 bits per heavy atom. The maximum Gasteiger partial charge on any atom is 0.242 e. The first kappa shape index (κ1) is 25.1. The van der Waals surface area contributed by atoms with Gasteiger partial charge in [-0.1, -0.05) is 26.7 Å². The van der Waals surface area contributed by atoms with Crippen LogP contribution in [0.2, 0.25) is 0 Å². The van der Waals surface area contributed by atoms with E-state index in [9.17, 15) is 18.0 Å². The number of hydrogen-bond acceptors (Lipinski definition) is 5. The molecule has 1 unspecified atom stereocenters. The highest BCUT2D eigenvalue weighted by molar-refractivity contribution is 7.89. The number of carbonyl (C=O) groups is 2. The zero-order valence-electron chi connectivity index (χ0n) is 18.8. The van der Waals surface area contributed by atoms with E-state index in [-0.39, 0.29) is 28.7 Å². The normalized spacial score (nSPS) is 16.2. The van der Waals surface area contributed by atoms with Crippen LogP contribution >= 0.6 is 0 Å². The van der Waals surface area contributed by atoms with Crippen molar-refractivity contribution in [2.45, 2.75) is 76.7 Å². The third kappa shape index (κ3) is 7.21. The molecule has 1 saturated heterocycles. The fraction of sp³-hybridized carbons (Fsp3) is 0.636. The van der Waals surface area contributed by atoms with Crippen LogP contribution in [0.5, 0.6) is 0 Å². The Balaban J connectivity index is 2.30. The smallest absolute Gasteiger partial charge is 0.242 e. The minimum absolute atomic E-state index is 0.123. The van der Waals surface area contributed by atoms with Gasteiger partial charge >= 0.3 is 0 Å². The molecular weight excluding hydrogens is 416 g/mol. The summed E-state index contributed by atoms with van der Waals surface area (Å²) in [5.41, 5.74) is 6.46. The van der Waals surface area contributed by atoms with Gasteiger partial charge < -0.3 is 16.0 Å². The van der Waals surface area contributed by atoms with E-state index in [4.69, 9.17) is 5.73 Å². The second-order valence-electron chi connectivity index (χ2n) is 8.28. The van der Waals surface area contributed by atoms with Gasteiger partial charge in [0.2, 0.25) is 21.8 Å². The highest BCUT2D eigenvalue weighted by Gasteiger charge is 2.28. The van der Waals surface area contributed by atoms with Crippen molar-refractivity contribution in [1.82, 2.24) is 4.72 Å². The predicted molar refractivity (Wildman–Crippen MR) is 123 cm³/mol. The van der Waals surface area contributed by atoms with Crippen molar-refractivity contribution in [2.75, 3.05) is 23.3 Å². The number of amides is 2. The van der Waals surface area contributed by atoms with Crippen LogP contribution in [-0.4, -0.2) is 39.4 Å². The first-order valence-corrected chi connectivity index (χ1v) is 12.7. The summed E-state index contributed by atoms with van der Waals surface area (Å²) in [6, 6.07) is 4.77. The number of hydrogen-bond donors (Lipinski definition) is 3. The van der Waals surface area contributed by atoms with Gasteiger partial charge in [0, 0.05) is 37.2 Å². The number of nitrogens with two attached hydrogens (primary N) is 1. The molecule has 1 heterocycles. The van der Waals surface area contributed by atoms with Crippen molar-refractivity contribution in [3.05, 3.63) is 18.2 Å². The summed E-state index contributed by atoms with van der Waals surface area (Å²) in [4.78, 5) is 25.8. The number of rotatable bonds is 11. The van der Waals surface area contributed by atoms with Crippen molar-refractivity contribution >= 4 is 33.2 Å². The summed E-state index contributed by atoms with van der Waals surface area (Å²) in [5, 5.41) is 2.82. The summed E-state index contributed by atoms with van der Waals surface area (Å²) < 4.78 is 29.0. The van der Waals surface area contributed by atoms with Gasteiger partial charge in [0.1, 0.15) is 4.90 Å². The molecule has 1 fully saturated rings. The number of carbonyl (C=O) groups excluding carboxylic acids is 2. The molecular formula is C22H36N4O4S. The lowest BCUT2D eigenvalue weighted by Gasteiger charge is -2.33. The summed E-state index contributed by atoms with van der Waals surface area (Å²) >= 11 is 0. The van der Waals surface area contributed by atoms with Gasteiger partial charge in [-0.15, -0.1) is 0 Å². The molecule has 0 aliphatic carbocycles. The van der Waals surface area contributed by atoms with E-state index in [1.807, 2.05) is 18.7 Å². The summed E-state index contributed by atoms with van der Waals surface area (Å²) in [5.74, 6) is -0.620. The fourth-order valence-electron chi connectivity index (χ4n) is 3.64. The first-order chi connectivity index (χ1) is 14.7. The molecule has 2 amide bonds. The molecule has 0 aromatic heterocycles. The fourth-order valence-corrected chi connectivity index (χ4v) is 5.22. The molecule has 1 aliphatic rings. The number of primary amides is 1. The molecule has 0 radical (unpaired) electrons. The first-order valence-electron chi connectivity index (χ1n) is 11.2. The van der Waals surface area contributed by atoms with E-state index in [0.29, 0.717) is 50.1 Å². The Morgan fingerprint density at radius 1 is 1.19 bits per heavy atom. The number of sulfonamides is 1. The Kier molecular flexibility index (Phi) is 9.31. The molecule has 0 bridgehead atoms. The second-order valence-corrected chi connectivity index (χ2v) is 9.96. The van der Waals surface area contributed by atoms with Crippen LogP contribution < -0.4 is 20.7 Å². The highest BCUT2D eigenvalue weighted by Crippen LogP contribution is 2.32. The maximum absolute atomic E-state index is 13.2. The molecule has 9 heteroatoms. The third-order valence-corrected chi connectivity index (χ3v) is 7.37. The zero-order chi connectivity index (χ0) is 23.0. The number of nitrogens with one attached hydrogen (secondary N) is 2. The van der Waals surface area contributed by atoms with Crippen molar-refractivity contribution < 1.29 is 18.0 Å².